The molecule has 2 rings (SSSR count). The van der Waals surface area contributed by atoms with E-state index in [2.05, 4.69) is 5.32 Å². The number of phenolic OH excluding ortho intramolecular Hbond substituents is 1. The van der Waals surface area contributed by atoms with E-state index in [0.717, 1.165) is 5.56 Å². The van der Waals surface area contributed by atoms with Crippen LogP contribution in [0.2, 0.25) is 10.0 Å². The summed E-state index contributed by atoms with van der Waals surface area (Å²) in [4.78, 5) is 0. The molecule has 0 saturated carbocycles. The molecule has 7 heteroatoms. The maximum atomic E-state index is 9.57. The van der Waals surface area contributed by atoms with Crippen LogP contribution in [0.15, 0.2) is 24.3 Å². The summed E-state index contributed by atoms with van der Waals surface area (Å²) in [6, 6.07) is 6.89. The first-order valence-corrected chi connectivity index (χ1v) is 7.46. The standard InChI is InChI=1S/C16H17Cl2NO4/c1-21-13-4-9(5-14(22-2)16(13)23-3)8-19-10-6-11(17)15(20)12(18)7-10/h4-7,19-20H,8H2,1-3H3. The molecule has 23 heavy (non-hydrogen) atoms. The first-order valence-electron chi connectivity index (χ1n) is 6.71. The molecule has 2 aromatic rings. The number of aromatic hydroxyl groups is 1. The number of hydrogen-bond donors (Lipinski definition) is 2. The molecule has 0 aromatic heterocycles. The van der Waals surface area contributed by atoms with Crippen LogP contribution in [0.4, 0.5) is 5.69 Å². The van der Waals surface area contributed by atoms with E-state index < -0.39 is 0 Å². The molecule has 0 heterocycles. The number of halogens is 2. The number of hydrogen-bond acceptors (Lipinski definition) is 5. The van der Waals surface area contributed by atoms with Crippen LogP contribution in [0.1, 0.15) is 5.56 Å². The zero-order valence-electron chi connectivity index (χ0n) is 12.9. The normalized spacial score (nSPS) is 10.3. The summed E-state index contributed by atoms with van der Waals surface area (Å²) in [6.07, 6.45) is 0. The fourth-order valence-electron chi connectivity index (χ4n) is 2.11. The maximum absolute atomic E-state index is 9.57. The number of rotatable bonds is 6. The minimum atomic E-state index is -0.133. The monoisotopic (exact) mass is 357 g/mol. The van der Waals surface area contributed by atoms with Crippen molar-refractivity contribution < 1.29 is 19.3 Å². The summed E-state index contributed by atoms with van der Waals surface area (Å²) in [5, 5.41) is 13.1. The Labute approximate surface area is 144 Å². The SMILES string of the molecule is COc1cc(CNc2cc(Cl)c(O)c(Cl)c2)cc(OC)c1OC. The number of nitrogens with one attached hydrogen (secondary N) is 1. The molecule has 0 fully saturated rings. The minimum Gasteiger partial charge on any atom is -0.505 e. The van der Waals surface area contributed by atoms with E-state index in [1.54, 1.807) is 33.5 Å². The van der Waals surface area contributed by atoms with Crippen molar-refractivity contribution in [3.8, 4) is 23.0 Å². The highest BCUT2D eigenvalue weighted by Crippen LogP contribution is 2.39. The van der Waals surface area contributed by atoms with Crippen molar-refractivity contribution in [3.05, 3.63) is 39.9 Å². The highest BCUT2D eigenvalue weighted by Gasteiger charge is 2.13. The van der Waals surface area contributed by atoms with E-state index in [0.29, 0.717) is 29.5 Å². The summed E-state index contributed by atoms with van der Waals surface area (Å²) in [5.74, 6) is 1.55. The Morgan fingerprint density at radius 1 is 0.913 bits per heavy atom. The lowest BCUT2D eigenvalue weighted by atomic mass is 10.1. The first kappa shape index (κ1) is 17.4. The average Bonchev–Trinajstić information content (AvgIpc) is 2.56. The molecular formula is C16H17Cl2NO4. The van der Waals surface area contributed by atoms with Gasteiger partial charge in [-0.2, -0.15) is 0 Å². The molecule has 0 aliphatic rings. The lowest BCUT2D eigenvalue weighted by Crippen LogP contribution is -2.02. The molecule has 124 valence electrons. The smallest absolute Gasteiger partial charge is 0.203 e. The van der Waals surface area contributed by atoms with E-state index >= 15 is 0 Å². The number of benzene rings is 2. The largest absolute Gasteiger partial charge is 0.505 e. The van der Waals surface area contributed by atoms with Crippen molar-refractivity contribution in [2.45, 2.75) is 6.54 Å². The summed E-state index contributed by atoms with van der Waals surface area (Å²) in [7, 11) is 4.68. The molecule has 0 saturated heterocycles. The van der Waals surface area contributed by atoms with Crippen molar-refractivity contribution in [1.29, 1.82) is 0 Å². The van der Waals surface area contributed by atoms with Crippen LogP contribution >= 0.6 is 23.2 Å². The van der Waals surface area contributed by atoms with E-state index in [9.17, 15) is 5.11 Å². The van der Waals surface area contributed by atoms with Gasteiger partial charge in [-0.3, -0.25) is 0 Å². The molecule has 0 unspecified atom stereocenters. The second kappa shape index (κ2) is 7.53. The molecule has 2 N–H and O–H groups in total. The number of ether oxygens (including phenoxy) is 3. The molecule has 0 atom stereocenters. The predicted molar refractivity (Wildman–Crippen MR) is 91.6 cm³/mol. The van der Waals surface area contributed by atoms with Gasteiger partial charge in [-0.1, -0.05) is 23.2 Å². The van der Waals surface area contributed by atoms with Crippen molar-refractivity contribution in [1.82, 2.24) is 0 Å². The summed E-state index contributed by atoms with van der Waals surface area (Å²) in [5.41, 5.74) is 1.60. The van der Waals surface area contributed by atoms with Gasteiger partial charge in [0.25, 0.3) is 0 Å². The highest BCUT2D eigenvalue weighted by molar-refractivity contribution is 6.37. The van der Waals surface area contributed by atoms with Crippen LogP contribution < -0.4 is 19.5 Å². The molecule has 2 aromatic carbocycles. The van der Waals surface area contributed by atoms with Gasteiger partial charge in [0.1, 0.15) is 0 Å². The van der Waals surface area contributed by atoms with Gasteiger partial charge in [0.15, 0.2) is 17.2 Å². The molecule has 0 radical (unpaired) electrons. The third-order valence-electron chi connectivity index (χ3n) is 3.24. The lowest BCUT2D eigenvalue weighted by molar-refractivity contribution is 0.324. The summed E-state index contributed by atoms with van der Waals surface area (Å²) >= 11 is 11.8. The van der Waals surface area contributed by atoms with Crippen molar-refractivity contribution in [3.63, 3.8) is 0 Å². The minimum absolute atomic E-state index is 0.133. The second-order valence-corrected chi connectivity index (χ2v) is 5.49. The van der Waals surface area contributed by atoms with Crippen LogP contribution in [0.5, 0.6) is 23.0 Å². The van der Waals surface area contributed by atoms with Crippen LogP contribution in [-0.4, -0.2) is 26.4 Å². The van der Waals surface area contributed by atoms with E-state index in [4.69, 9.17) is 37.4 Å². The Morgan fingerprint density at radius 2 is 1.43 bits per heavy atom. The zero-order chi connectivity index (χ0) is 17.0. The molecule has 0 bridgehead atoms. The molecule has 5 nitrogen and oxygen atoms in total. The Kier molecular flexibility index (Phi) is 5.69. The van der Waals surface area contributed by atoms with Gasteiger partial charge < -0.3 is 24.6 Å². The van der Waals surface area contributed by atoms with E-state index in [-0.39, 0.29) is 15.8 Å². The molecule has 0 amide bonds. The Hall–Kier alpha value is -1.98. The van der Waals surface area contributed by atoms with Crippen LogP contribution in [0.3, 0.4) is 0 Å². The molecule has 0 spiro atoms. The van der Waals surface area contributed by atoms with Crippen LogP contribution in [-0.2, 0) is 6.54 Å². The Bertz CT molecular complexity index is 658. The number of methoxy groups -OCH3 is 3. The van der Waals surface area contributed by atoms with Gasteiger partial charge in [0.05, 0.1) is 31.4 Å². The molecule has 0 aliphatic carbocycles. The lowest BCUT2D eigenvalue weighted by Gasteiger charge is -2.15. The Morgan fingerprint density at radius 3 is 1.87 bits per heavy atom. The van der Waals surface area contributed by atoms with Crippen molar-refractivity contribution in [2.24, 2.45) is 0 Å². The summed E-state index contributed by atoms with van der Waals surface area (Å²) < 4.78 is 15.9. The van der Waals surface area contributed by atoms with Gasteiger partial charge in [-0.25, -0.2) is 0 Å². The van der Waals surface area contributed by atoms with Gasteiger partial charge in [-0.05, 0) is 29.8 Å². The first-order chi connectivity index (χ1) is 11.0. The highest BCUT2D eigenvalue weighted by atomic mass is 35.5. The topological polar surface area (TPSA) is 60.0 Å². The molecule has 0 aliphatic heterocycles. The predicted octanol–water partition coefficient (Wildman–Crippen LogP) is 4.34. The average molecular weight is 358 g/mol. The van der Waals surface area contributed by atoms with Gasteiger partial charge >= 0.3 is 0 Å². The fraction of sp³-hybridized carbons (Fsp3) is 0.250. The number of anilines is 1. The van der Waals surface area contributed by atoms with Gasteiger partial charge in [0.2, 0.25) is 5.75 Å². The van der Waals surface area contributed by atoms with E-state index in [1.807, 2.05) is 12.1 Å². The maximum Gasteiger partial charge on any atom is 0.203 e. The van der Waals surface area contributed by atoms with Crippen molar-refractivity contribution in [2.75, 3.05) is 26.6 Å². The zero-order valence-corrected chi connectivity index (χ0v) is 14.5. The van der Waals surface area contributed by atoms with Crippen LogP contribution in [0.25, 0.3) is 0 Å². The second-order valence-electron chi connectivity index (χ2n) is 4.68. The fourth-order valence-corrected chi connectivity index (χ4v) is 2.60. The van der Waals surface area contributed by atoms with Crippen LogP contribution in [0, 0.1) is 0 Å². The Balaban J connectivity index is 2.24. The summed E-state index contributed by atoms with van der Waals surface area (Å²) in [6.45, 7) is 0.480. The third-order valence-corrected chi connectivity index (χ3v) is 3.81. The third kappa shape index (κ3) is 3.86. The quantitative estimate of drug-likeness (QED) is 0.753. The van der Waals surface area contributed by atoms with Gasteiger partial charge in [-0.15, -0.1) is 0 Å². The number of phenols is 1. The molecular weight excluding hydrogens is 341 g/mol. The van der Waals surface area contributed by atoms with Gasteiger partial charge in [0, 0.05) is 12.2 Å². The van der Waals surface area contributed by atoms with E-state index in [1.165, 1.54) is 0 Å². The van der Waals surface area contributed by atoms with Crippen molar-refractivity contribution >= 4 is 28.9 Å².